The summed E-state index contributed by atoms with van der Waals surface area (Å²) in [5.74, 6) is -0.667. The number of nitrogens with two attached hydrogens (primary N) is 1. The lowest BCUT2D eigenvalue weighted by atomic mass is 10.0. The SMILES string of the molecule is NCCc1cc2ccc(F)cc2nc1-c1cccc(F)c1. The fourth-order valence-electron chi connectivity index (χ4n) is 2.42. The molecule has 2 aromatic carbocycles. The van der Waals surface area contributed by atoms with Gasteiger partial charge in [0.15, 0.2) is 0 Å². The van der Waals surface area contributed by atoms with Gasteiger partial charge in [0.1, 0.15) is 11.6 Å². The lowest BCUT2D eigenvalue weighted by Crippen LogP contribution is -2.05. The smallest absolute Gasteiger partial charge is 0.125 e. The van der Waals surface area contributed by atoms with Gasteiger partial charge in [0.2, 0.25) is 0 Å². The van der Waals surface area contributed by atoms with Crippen LogP contribution in [0, 0.1) is 11.6 Å². The maximum absolute atomic E-state index is 13.4. The van der Waals surface area contributed by atoms with Crippen LogP contribution in [0.15, 0.2) is 48.5 Å². The van der Waals surface area contributed by atoms with E-state index in [1.54, 1.807) is 18.2 Å². The Labute approximate surface area is 121 Å². The molecule has 21 heavy (non-hydrogen) atoms. The Balaban J connectivity index is 2.25. The summed E-state index contributed by atoms with van der Waals surface area (Å²) >= 11 is 0. The van der Waals surface area contributed by atoms with Crippen molar-refractivity contribution >= 4 is 10.9 Å². The van der Waals surface area contributed by atoms with E-state index in [1.165, 1.54) is 24.3 Å². The molecule has 106 valence electrons. The van der Waals surface area contributed by atoms with Gasteiger partial charge < -0.3 is 5.73 Å². The van der Waals surface area contributed by atoms with Crippen LogP contribution >= 0.6 is 0 Å². The molecular formula is C17H14F2N2. The van der Waals surface area contributed by atoms with E-state index in [4.69, 9.17) is 5.73 Å². The summed E-state index contributed by atoms with van der Waals surface area (Å²) in [7, 11) is 0. The quantitative estimate of drug-likeness (QED) is 0.796. The molecular weight excluding hydrogens is 270 g/mol. The molecule has 1 heterocycles. The van der Waals surface area contributed by atoms with Crippen molar-refractivity contribution in [1.82, 2.24) is 4.98 Å². The zero-order chi connectivity index (χ0) is 14.8. The van der Waals surface area contributed by atoms with Gasteiger partial charge in [-0.3, -0.25) is 0 Å². The van der Waals surface area contributed by atoms with Crippen LogP contribution in [0.5, 0.6) is 0 Å². The van der Waals surface area contributed by atoms with E-state index < -0.39 is 0 Å². The maximum atomic E-state index is 13.4. The second kappa shape index (κ2) is 5.58. The molecule has 0 bridgehead atoms. The third-order valence-corrected chi connectivity index (χ3v) is 3.37. The monoisotopic (exact) mass is 284 g/mol. The van der Waals surface area contributed by atoms with Crippen molar-refractivity contribution in [1.29, 1.82) is 0 Å². The number of hydrogen-bond donors (Lipinski definition) is 1. The molecule has 1 aromatic heterocycles. The van der Waals surface area contributed by atoms with Gasteiger partial charge in [-0.1, -0.05) is 12.1 Å². The standard InChI is InChI=1S/C17H14F2N2/c18-14-3-1-2-12(9-14)17-13(6-7-20)8-11-4-5-15(19)10-16(11)21-17/h1-5,8-10H,6-7,20H2. The lowest BCUT2D eigenvalue weighted by molar-refractivity contribution is 0.628. The Kier molecular flexibility index (Phi) is 3.62. The van der Waals surface area contributed by atoms with Crippen LogP contribution in [0.3, 0.4) is 0 Å². The minimum absolute atomic E-state index is 0.327. The molecule has 0 fully saturated rings. The van der Waals surface area contributed by atoms with E-state index in [0.29, 0.717) is 29.7 Å². The number of hydrogen-bond acceptors (Lipinski definition) is 2. The van der Waals surface area contributed by atoms with E-state index in [2.05, 4.69) is 4.98 Å². The van der Waals surface area contributed by atoms with Gasteiger partial charge in [-0.15, -0.1) is 0 Å². The van der Waals surface area contributed by atoms with Gasteiger partial charge in [0.05, 0.1) is 11.2 Å². The van der Waals surface area contributed by atoms with E-state index in [1.807, 2.05) is 6.07 Å². The van der Waals surface area contributed by atoms with Crippen molar-refractivity contribution in [2.24, 2.45) is 5.73 Å². The first kappa shape index (κ1) is 13.6. The average Bonchev–Trinajstić information content (AvgIpc) is 2.47. The van der Waals surface area contributed by atoms with Crippen LogP contribution < -0.4 is 5.73 Å². The van der Waals surface area contributed by atoms with Gasteiger partial charge in [-0.2, -0.15) is 0 Å². The Hall–Kier alpha value is -2.33. The first-order chi connectivity index (χ1) is 10.2. The van der Waals surface area contributed by atoms with Crippen LogP contribution in [-0.2, 0) is 6.42 Å². The Morgan fingerprint density at radius 1 is 0.952 bits per heavy atom. The number of fused-ring (bicyclic) bond motifs is 1. The number of nitrogens with zero attached hydrogens (tertiary/aromatic N) is 1. The molecule has 0 saturated carbocycles. The number of pyridine rings is 1. The maximum Gasteiger partial charge on any atom is 0.125 e. The highest BCUT2D eigenvalue weighted by Gasteiger charge is 2.10. The lowest BCUT2D eigenvalue weighted by Gasteiger charge is -2.10. The molecule has 2 N–H and O–H groups in total. The van der Waals surface area contributed by atoms with E-state index in [0.717, 1.165) is 10.9 Å². The minimum Gasteiger partial charge on any atom is -0.330 e. The zero-order valence-electron chi connectivity index (χ0n) is 11.3. The molecule has 0 atom stereocenters. The van der Waals surface area contributed by atoms with Crippen molar-refractivity contribution in [2.45, 2.75) is 6.42 Å². The number of benzene rings is 2. The topological polar surface area (TPSA) is 38.9 Å². The largest absolute Gasteiger partial charge is 0.330 e. The summed E-state index contributed by atoms with van der Waals surface area (Å²) in [5, 5.41) is 0.847. The highest BCUT2D eigenvalue weighted by molar-refractivity contribution is 5.83. The van der Waals surface area contributed by atoms with Crippen molar-refractivity contribution in [3.8, 4) is 11.3 Å². The predicted octanol–water partition coefficient (Wildman–Crippen LogP) is 3.68. The van der Waals surface area contributed by atoms with Crippen molar-refractivity contribution < 1.29 is 8.78 Å². The van der Waals surface area contributed by atoms with Gasteiger partial charge in [-0.25, -0.2) is 13.8 Å². The van der Waals surface area contributed by atoms with Crippen LogP contribution in [0.2, 0.25) is 0 Å². The third kappa shape index (κ3) is 2.76. The first-order valence-electron chi connectivity index (χ1n) is 6.72. The van der Waals surface area contributed by atoms with Crippen LogP contribution in [0.25, 0.3) is 22.2 Å². The third-order valence-electron chi connectivity index (χ3n) is 3.37. The molecule has 0 spiro atoms. The molecule has 0 saturated heterocycles. The summed E-state index contributed by atoms with van der Waals surface area (Å²) < 4.78 is 26.8. The van der Waals surface area contributed by atoms with Crippen molar-refractivity contribution in [2.75, 3.05) is 6.54 Å². The van der Waals surface area contributed by atoms with Gasteiger partial charge in [0, 0.05) is 17.0 Å². The predicted molar refractivity (Wildman–Crippen MR) is 79.9 cm³/mol. The molecule has 4 heteroatoms. The number of aromatic nitrogens is 1. The highest BCUT2D eigenvalue weighted by atomic mass is 19.1. The second-order valence-corrected chi connectivity index (χ2v) is 4.88. The summed E-state index contributed by atoms with van der Waals surface area (Å²) in [6.07, 6.45) is 0.631. The molecule has 0 radical (unpaired) electrons. The van der Waals surface area contributed by atoms with E-state index in [-0.39, 0.29) is 11.6 Å². The van der Waals surface area contributed by atoms with Crippen molar-refractivity contribution in [3.63, 3.8) is 0 Å². The van der Waals surface area contributed by atoms with E-state index >= 15 is 0 Å². The Morgan fingerprint density at radius 2 is 1.76 bits per heavy atom. The molecule has 2 nitrogen and oxygen atoms in total. The fraction of sp³-hybridized carbons (Fsp3) is 0.118. The van der Waals surface area contributed by atoms with Crippen LogP contribution in [0.4, 0.5) is 8.78 Å². The zero-order valence-corrected chi connectivity index (χ0v) is 11.3. The molecule has 0 unspecified atom stereocenters. The molecule has 0 amide bonds. The number of rotatable bonds is 3. The first-order valence-corrected chi connectivity index (χ1v) is 6.72. The summed E-state index contributed by atoms with van der Waals surface area (Å²) in [4.78, 5) is 4.50. The second-order valence-electron chi connectivity index (χ2n) is 4.88. The normalized spacial score (nSPS) is 11.0. The van der Waals surface area contributed by atoms with Crippen LogP contribution in [-0.4, -0.2) is 11.5 Å². The Bertz CT molecular complexity index is 800. The Morgan fingerprint density at radius 3 is 2.52 bits per heavy atom. The molecule has 3 rings (SSSR count). The molecule has 0 aliphatic rings. The fourth-order valence-corrected chi connectivity index (χ4v) is 2.42. The summed E-state index contributed by atoms with van der Waals surface area (Å²) in [6.45, 7) is 0.469. The average molecular weight is 284 g/mol. The minimum atomic E-state index is -0.341. The summed E-state index contributed by atoms with van der Waals surface area (Å²) in [6, 6.07) is 12.6. The van der Waals surface area contributed by atoms with E-state index in [9.17, 15) is 8.78 Å². The van der Waals surface area contributed by atoms with Crippen LogP contribution in [0.1, 0.15) is 5.56 Å². The molecule has 0 aliphatic carbocycles. The number of halogens is 2. The highest BCUT2D eigenvalue weighted by Crippen LogP contribution is 2.27. The van der Waals surface area contributed by atoms with Gasteiger partial charge in [0.25, 0.3) is 0 Å². The molecule has 3 aromatic rings. The van der Waals surface area contributed by atoms with Gasteiger partial charge >= 0.3 is 0 Å². The molecule has 0 aliphatic heterocycles. The van der Waals surface area contributed by atoms with Crippen molar-refractivity contribution in [3.05, 3.63) is 65.7 Å². The van der Waals surface area contributed by atoms with Gasteiger partial charge in [-0.05, 0) is 48.9 Å². The summed E-state index contributed by atoms with van der Waals surface area (Å²) in [5.41, 5.74) is 8.45.